The van der Waals surface area contributed by atoms with Crippen LogP contribution in [0, 0.1) is 0 Å². The zero-order valence-corrected chi connectivity index (χ0v) is 14.9. The minimum Gasteiger partial charge on any atom is -0.486 e. The fourth-order valence-electron chi connectivity index (χ4n) is 2.72. The summed E-state index contributed by atoms with van der Waals surface area (Å²) in [5.41, 5.74) is 1.70. The quantitative estimate of drug-likeness (QED) is 0.694. The Bertz CT molecular complexity index is 902. The zero-order valence-electron chi connectivity index (χ0n) is 13.3. The highest BCUT2D eigenvalue weighted by Crippen LogP contribution is 2.37. The van der Waals surface area contributed by atoms with E-state index in [4.69, 9.17) is 14.6 Å². The summed E-state index contributed by atoms with van der Waals surface area (Å²) in [6.07, 6.45) is 1.91. The second kappa shape index (κ2) is 6.85. The van der Waals surface area contributed by atoms with Crippen molar-refractivity contribution in [2.75, 3.05) is 18.5 Å². The number of hydrogen-bond donors (Lipinski definition) is 2. The van der Waals surface area contributed by atoms with Crippen LogP contribution in [0.2, 0.25) is 0 Å². The van der Waals surface area contributed by atoms with Crippen molar-refractivity contribution in [3.05, 3.63) is 47.2 Å². The van der Waals surface area contributed by atoms with Gasteiger partial charge in [0.25, 0.3) is 0 Å². The topological polar surface area (TPSA) is 76.5 Å². The Labute approximate surface area is 153 Å². The Balaban J connectivity index is 1.70. The SMILES string of the molecule is OCCC1COc2cc3ncnc(Nc4ccc(Br)cc4)c3cc2O1. The third-order valence-corrected chi connectivity index (χ3v) is 4.51. The van der Waals surface area contributed by atoms with E-state index in [1.807, 2.05) is 36.4 Å². The number of nitrogens with one attached hydrogen (secondary N) is 1. The lowest BCUT2D eigenvalue weighted by Crippen LogP contribution is -2.29. The molecule has 0 saturated heterocycles. The molecule has 0 amide bonds. The highest BCUT2D eigenvalue weighted by Gasteiger charge is 2.22. The normalized spacial score (nSPS) is 16.0. The van der Waals surface area contributed by atoms with E-state index < -0.39 is 0 Å². The molecule has 6 nitrogen and oxygen atoms in total. The number of aliphatic hydroxyl groups excluding tert-OH is 1. The van der Waals surface area contributed by atoms with Crippen LogP contribution in [0.3, 0.4) is 0 Å². The van der Waals surface area contributed by atoms with E-state index in [9.17, 15) is 0 Å². The first kappa shape index (κ1) is 16.1. The molecule has 1 aliphatic heterocycles. The van der Waals surface area contributed by atoms with Gasteiger partial charge in [-0.3, -0.25) is 0 Å². The number of fused-ring (bicyclic) bond motifs is 2. The maximum Gasteiger partial charge on any atom is 0.163 e. The summed E-state index contributed by atoms with van der Waals surface area (Å²) in [5.74, 6) is 2.00. The Morgan fingerprint density at radius 2 is 2.00 bits per heavy atom. The number of anilines is 2. The molecule has 4 rings (SSSR count). The van der Waals surface area contributed by atoms with Gasteiger partial charge in [-0.2, -0.15) is 0 Å². The van der Waals surface area contributed by atoms with Gasteiger partial charge in [0.15, 0.2) is 11.5 Å². The molecule has 0 radical (unpaired) electrons. The Morgan fingerprint density at radius 1 is 1.16 bits per heavy atom. The molecule has 1 atom stereocenters. The van der Waals surface area contributed by atoms with Crippen LogP contribution in [0.15, 0.2) is 47.2 Å². The van der Waals surface area contributed by atoms with Gasteiger partial charge in [-0.05, 0) is 30.3 Å². The lowest BCUT2D eigenvalue weighted by molar-refractivity contribution is 0.0707. The van der Waals surface area contributed by atoms with Crippen LogP contribution in [0.25, 0.3) is 10.9 Å². The van der Waals surface area contributed by atoms with Gasteiger partial charge < -0.3 is 19.9 Å². The van der Waals surface area contributed by atoms with Gasteiger partial charge in [0.05, 0.1) is 5.52 Å². The summed E-state index contributed by atoms with van der Waals surface area (Å²) in [4.78, 5) is 8.69. The van der Waals surface area contributed by atoms with Crippen molar-refractivity contribution >= 4 is 38.3 Å². The van der Waals surface area contributed by atoms with Gasteiger partial charge >= 0.3 is 0 Å². The van der Waals surface area contributed by atoms with Crippen LogP contribution in [0.1, 0.15) is 6.42 Å². The molecule has 0 bridgehead atoms. The number of aromatic nitrogens is 2. The predicted molar refractivity (Wildman–Crippen MR) is 98.6 cm³/mol. The minimum atomic E-state index is -0.150. The third kappa shape index (κ3) is 3.38. The number of rotatable bonds is 4. The monoisotopic (exact) mass is 401 g/mol. The summed E-state index contributed by atoms with van der Waals surface area (Å²) in [6.45, 7) is 0.491. The van der Waals surface area contributed by atoms with Crippen LogP contribution in [0.5, 0.6) is 11.5 Å². The van der Waals surface area contributed by atoms with Gasteiger partial charge in [0, 0.05) is 34.6 Å². The molecule has 2 aromatic carbocycles. The molecule has 0 aliphatic carbocycles. The van der Waals surface area contributed by atoms with E-state index in [1.54, 1.807) is 0 Å². The largest absolute Gasteiger partial charge is 0.486 e. The van der Waals surface area contributed by atoms with Gasteiger partial charge in [-0.25, -0.2) is 9.97 Å². The van der Waals surface area contributed by atoms with Gasteiger partial charge in [-0.1, -0.05) is 15.9 Å². The summed E-state index contributed by atoms with van der Waals surface area (Å²) in [7, 11) is 0. The summed E-state index contributed by atoms with van der Waals surface area (Å²) >= 11 is 3.43. The van der Waals surface area contributed by atoms with Gasteiger partial charge in [0.2, 0.25) is 0 Å². The first-order valence-corrected chi connectivity index (χ1v) is 8.74. The first-order chi connectivity index (χ1) is 12.2. The van der Waals surface area contributed by atoms with Crippen molar-refractivity contribution in [1.29, 1.82) is 0 Å². The zero-order chi connectivity index (χ0) is 17.2. The molecule has 0 saturated carbocycles. The number of ether oxygens (including phenoxy) is 2. The molecule has 2 heterocycles. The average molecular weight is 402 g/mol. The Morgan fingerprint density at radius 3 is 2.80 bits per heavy atom. The number of nitrogens with zero attached hydrogens (tertiary/aromatic N) is 2. The van der Waals surface area contributed by atoms with E-state index in [0.717, 1.165) is 21.1 Å². The standard InChI is InChI=1S/C18H16BrN3O3/c19-11-1-3-12(4-2-11)22-18-14-7-17-16(8-15(14)20-10-21-18)24-9-13(25-17)5-6-23/h1-4,7-8,10,13,23H,5-6,9H2,(H,20,21,22). The maximum absolute atomic E-state index is 9.10. The van der Waals surface area contributed by atoms with Crippen molar-refractivity contribution in [3.63, 3.8) is 0 Å². The summed E-state index contributed by atoms with van der Waals surface area (Å²) in [5, 5.41) is 13.3. The highest BCUT2D eigenvalue weighted by molar-refractivity contribution is 9.10. The fraction of sp³-hybridized carbons (Fsp3) is 0.222. The molecule has 1 unspecified atom stereocenters. The molecule has 0 spiro atoms. The molecular weight excluding hydrogens is 386 g/mol. The van der Waals surface area contributed by atoms with Gasteiger partial charge in [-0.15, -0.1) is 0 Å². The van der Waals surface area contributed by atoms with Crippen molar-refractivity contribution in [2.24, 2.45) is 0 Å². The second-order valence-electron chi connectivity index (χ2n) is 5.73. The highest BCUT2D eigenvalue weighted by atomic mass is 79.9. The van der Waals surface area contributed by atoms with Crippen molar-refractivity contribution in [2.45, 2.75) is 12.5 Å². The molecule has 1 aliphatic rings. The number of benzene rings is 2. The smallest absolute Gasteiger partial charge is 0.163 e. The molecule has 25 heavy (non-hydrogen) atoms. The Kier molecular flexibility index (Phi) is 4.42. The molecule has 0 fully saturated rings. The predicted octanol–water partition coefficient (Wildman–Crippen LogP) is 3.66. The Hall–Kier alpha value is -2.38. The van der Waals surface area contributed by atoms with E-state index in [2.05, 4.69) is 31.2 Å². The average Bonchev–Trinajstić information content (AvgIpc) is 2.63. The molecule has 2 N–H and O–H groups in total. The molecule has 3 aromatic rings. The first-order valence-electron chi connectivity index (χ1n) is 7.94. The van der Waals surface area contributed by atoms with Gasteiger partial charge in [0.1, 0.15) is 24.9 Å². The maximum atomic E-state index is 9.10. The van der Waals surface area contributed by atoms with Crippen LogP contribution in [-0.4, -0.2) is 34.4 Å². The lowest BCUT2D eigenvalue weighted by Gasteiger charge is -2.26. The van der Waals surface area contributed by atoms with E-state index in [1.165, 1.54) is 6.33 Å². The number of hydrogen-bond acceptors (Lipinski definition) is 6. The second-order valence-corrected chi connectivity index (χ2v) is 6.65. The van der Waals surface area contributed by atoms with Crippen LogP contribution in [0.4, 0.5) is 11.5 Å². The summed E-state index contributed by atoms with van der Waals surface area (Å²) in [6, 6.07) is 11.6. The molecular formula is C18H16BrN3O3. The van der Waals surface area contributed by atoms with Crippen LogP contribution < -0.4 is 14.8 Å². The van der Waals surface area contributed by atoms with E-state index in [-0.39, 0.29) is 12.7 Å². The van der Waals surface area contributed by atoms with E-state index in [0.29, 0.717) is 30.3 Å². The molecule has 1 aromatic heterocycles. The number of aliphatic hydroxyl groups is 1. The summed E-state index contributed by atoms with van der Waals surface area (Å²) < 4.78 is 12.7. The van der Waals surface area contributed by atoms with Crippen molar-refractivity contribution in [1.82, 2.24) is 9.97 Å². The van der Waals surface area contributed by atoms with E-state index >= 15 is 0 Å². The van der Waals surface area contributed by atoms with Crippen molar-refractivity contribution < 1.29 is 14.6 Å². The lowest BCUT2D eigenvalue weighted by atomic mass is 10.1. The fourth-order valence-corrected chi connectivity index (χ4v) is 2.99. The van der Waals surface area contributed by atoms with Crippen LogP contribution >= 0.6 is 15.9 Å². The molecule has 7 heteroatoms. The molecule has 128 valence electrons. The van der Waals surface area contributed by atoms with Crippen molar-refractivity contribution in [3.8, 4) is 11.5 Å². The van der Waals surface area contributed by atoms with Crippen LogP contribution in [-0.2, 0) is 0 Å². The third-order valence-electron chi connectivity index (χ3n) is 3.98. The minimum absolute atomic E-state index is 0.0659. The number of halogens is 1.